The largest absolute Gasteiger partial charge is 0.445 e. The molecule has 1 aliphatic heterocycles. The number of hydrogen-bond donors (Lipinski definition) is 2. The Morgan fingerprint density at radius 3 is 2.93 bits per heavy atom. The summed E-state index contributed by atoms with van der Waals surface area (Å²) >= 11 is 0. The Morgan fingerprint density at radius 1 is 1.33 bits per heavy atom. The monoisotopic (exact) mass is 372 g/mol. The molecule has 1 saturated heterocycles. The van der Waals surface area contributed by atoms with Crippen LogP contribution >= 0.6 is 0 Å². The molecule has 27 heavy (non-hydrogen) atoms. The van der Waals surface area contributed by atoms with Gasteiger partial charge in [-0.3, -0.25) is 0 Å². The van der Waals surface area contributed by atoms with Crippen LogP contribution in [0, 0.1) is 11.8 Å². The zero-order chi connectivity index (χ0) is 18.7. The van der Waals surface area contributed by atoms with Gasteiger partial charge in [0.1, 0.15) is 13.2 Å². The van der Waals surface area contributed by atoms with Gasteiger partial charge in [-0.2, -0.15) is 0 Å². The van der Waals surface area contributed by atoms with Gasteiger partial charge in [-0.25, -0.2) is 4.79 Å². The van der Waals surface area contributed by atoms with E-state index in [1.54, 1.807) is 7.11 Å². The second-order valence-corrected chi connectivity index (χ2v) is 7.38. The fourth-order valence-corrected chi connectivity index (χ4v) is 4.50. The van der Waals surface area contributed by atoms with Gasteiger partial charge in [-0.1, -0.05) is 35.5 Å². The molecule has 3 unspecified atom stereocenters. The standard InChI is InChI=1S/C20H25N3O4/c1-25-12-15-9-18(23-27-15)20(16-7-8-21-10-17(16)20)13-22-19(24)26-11-14-5-3-2-4-6-14/h2-6,9,16-17,21H,7-8,10-13H2,1H3,(H,22,24)/p+1. The molecule has 7 nitrogen and oxygen atoms in total. The van der Waals surface area contributed by atoms with Crippen molar-refractivity contribution >= 4 is 6.09 Å². The molecule has 0 radical (unpaired) electrons. The first-order valence-corrected chi connectivity index (χ1v) is 9.45. The highest BCUT2D eigenvalue weighted by atomic mass is 16.5. The third-order valence-electron chi connectivity index (χ3n) is 5.86. The van der Waals surface area contributed by atoms with Crippen LogP contribution in [0.15, 0.2) is 40.9 Å². The summed E-state index contributed by atoms with van der Waals surface area (Å²) in [5, 5.41) is 9.61. The van der Waals surface area contributed by atoms with Crippen LogP contribution in [-0.4, -0.2) is 38.0 Å². The Bertz CT molecular complexity index is 765. The number of nitrogens with zero attached hydrogens (tertiary/aromatic N) is 1. The summed E-state index contributed by atoms with van der Waals surface area (Å²) < 4.78 is 15.9. The topological polar surface area (TPSA) is 90.2 Å². The van der Waals surface area contributed by atoms with Crippen molar-refractivity contribution in [3.05, 3.63) is 53.4 Å². The highest BCUT2D eigenvalue weighted by Crippen LogP contribution is 2.61. The number of methoxy groups -OCH3 is 1. The van der Waals surface area contributed by atoms with E-state index in [9.17, 15) is 4.79 Å². The fourth-order valence-electron chi connectivity index (χ4n) is 4.50. The molecule has 1 saturated carbocycles. The second-order valence-electron chi connectivity index (χ2n) is 7.38. The van der Waals surface area contributed by atoms with Crippen LogP contribution in [-0.2, 0) is 28.1 Å². The number of benzene rings is 1. The fraction of sp³-hybridized carbons (Fsp3) is 0.500. The van der Waals surface area contributed by atoms with Crippen molar-refractivity contribution in [1.29, 1.82) is 0 Å². The number of piperidine rings is 1. The average Bonchev–Trinajstić information content (AvgIpc) is 3.12. The van der Waals surface area contributed by atoms with Gasteiger partial charge in [0.25, 0.3) is 0 Å². The van der Waals surface area contributed by atoms with E-state index < -0.39 is 6.09 Å². The maximum atomic E-state index is 12.2. The smallest absolute Gasteiger partial charge is 0.407 e. The lowest BCUT2D eigenvalue weighted by Gasteiger charge is -2.15. The van der Waals surface area contributed by atoms with E-state index >= 15 is 0 Å². The molecule has 7 heteroatoms. The van der Waals surface area contributed by atoms with Crippen molar-refractivity contribution in [2.75, 3.05) is 26.7 Å². The highest BCUT2D eigenvalue weighted by Gasteiger charge is 2.68. The molecule has 1 aromatic carbocycles. The van der Waals surface area contributed by atoms with Crippen LogP contribution in [0.5, 0.6) is 0 Å². The van der Waals surface area contributed by atoms with Crippen molar-refractivity contribution in [3.63, 3.8) is 0 Å². The zero-order valence-electron chi connectivity index (χ0n) is 15.5. The quantitative estimate of drug-likeness (QED) is 0.762. The van der Waals surface area contributed by atoms with Crippen molar-refractivity contribution in [3.8, 4) is 0 Å². The van der Waals surface area contributed by atoms with E-state index in [0.29, 0.717) is 30.7 Å². The zero-order valence-corrected chi connectivity index (χ0v) is 15.5. The van der Waals surface area contributed by atoms with Crippen LogP contribution < -0.4 is 10.6 Å². The maximum absolute atomic E-state index is 12.2. The molecule has 1 aromatic heterocycles. The molecule has 144 valence electrons. The van der Waals surface area contributed by atoms with Gasteiger partial charge in [0.2, 0.25) is 0 Å². The van der Waals surface area contributed by atoms with Crippen LogP contribution in [0.3, 0.4) is 0 Å². The van der Waals surface area contributed by atoms with Gasteiger partial charge < -0.3 is 24.6 Å². The maximum Gasteiger partial charge on any atom is 0.407 e. The first-order valence-electron chi connectivity index (χ1n) is 9.45. The molecule has 2 aliphatic rings. The first-order chi connectivity index (χ1) is 13.2. The van der Waals surface area contributed by atoms with Crippen LogP contribution in [0.4, 0.5) is 4.79 Å². The third kappa shape index (κ3) is 3.57. The lowest BCUT2D eigenvalue weighted by Crippen LogP contribution is -2.86. The Kier molecular flexibility index (Phi) is 5.13. The van der Waals surface area contributed by atoms with E-state index in [2.05, 4.69) is 15.8 Å². The van der Waals surface area contributed by atoms with Crippen molar-refractivity contribution in [1.82, 2.24) is 10.5 Å². The third-order valence-corrected chi connectivity index (χ3v) is 5.86. The molecule has 2 fully saturated rings. The number of ether oxygens (including phenoxy) is 2. The van der Waals surface area contributed by atoms with Gasteiger partial charge in [0.15, 0.2) is 5.76 Å². The van der Waals surface area contributed by atoms with Crippen molar-refractivity contribution in [2.24, 2.45) is 11.8 Å². The molecule has 3 N–H and O–H groups in total. The van der Waals surface area contributed by atoms with E-state index in [-0.39, 0.29) is 12.0 Å². The Hall–Kier alpha value is -2.38. The summed E-state index contributed by atoms with van der Waals surface area (Å²) in [4.78, 5) is 12.2. The first kappa shape index (κ1) is 18.0. The minimum atomic E-state index is -0.397. The van der Waals surface area contributed by atoms with Gasteiger partial charge in [-0.05, 0) is 11.5 Å². The lowest BCUT2D eigenvalue weighted by molar-refractivity contribution is -0.664. The normalized spacial score (nSPS) is 26.3. The van der Waals surface area contributed by atoms with E-state index in [1.165, 1.54) is 0 Å². The molecule has 2 heterocycles. The summed E-state index contributed by atoms with van der Waals surface area (Å²) in [5.41, 5.74) is 1.73. The molecule has 0 spiro atoms. The summed E-state index contributed by atoms with van der Waals surface area (Å²) in [5.74, 6) is 1.74. The van der Waals surface area contributed by atoms with Crippen molar-refractivity contribution in [2.45, 2.75) is 25.0 Å². The molecule has 1 amide bonds. The molecule has 3 atom stereocenters. The summed E-state index contributed by atoms with van der Waals surface area (Å²) in [6, 6.07) is 11.6. The second kappa shape index (κ2) is 7.70. The number of carbonyl (C=O) groups is 1. The van der Waals surface area contributed by atoms with Gasteiger partial charge in [0.05, 0.1) is 18.8 Å². The van der Waals surface area contributed by atoms with Gasteiger partial charge in [-0.15, -0.1) is 0 Å². The Balaban J connectivity index is 1.40. The number of alkyl carbamates (subject to hydrolysis) is 1. The summed E-state index contributed by atoms with van der Waals surface area (Å²) in [6.07, 6.45) is 0.726. The van der Waals surface area contributed by atoms with Gasteiger partial charge >= 0.3 is 6.09 Å². The number of rotatable bonds is 7. The molecular weight excluding hydrogens is 346 g/mol. The number of hydrogen-bond acceptors (Lipinski definition) is 5. The number of carbonyl (C=O) groups excluding carboxylic acids is 1. The summed E-state index contributed by atoms with van der Waals surface area (Å²) in [6.45, 7) is 3.35. The van der Waals surface area contributed by atoms with Crippen LogP contribution in [0.2, 0.25) is 0 Å². The Morgan fingerprint density at radius 2 is 2.19 bits per heavy atom. The van der Waals surface area contributed by atoms with Gasteiger partial charge in [0, 0.05) is 37.5 Å². The van der Waals surface area contributed by atoms with Crippen LogP contribution in [0.1, 0.15) is 23.4 Å². The highest BCUT2D eigenvalue weighted by molar-refractivity contribution is 5.67. The minimum absolute atomic E-state index is 0.158. The summed E-state index contributed by atoms with van der Waals surface area (Å²) in [7, 11) is 1.63. The predicted octanol–water partition coefficient (Wildman–Crippen LogP) is 1.20. The Labute approximate surface area is 158 Å². The number of nitrogens with two attached hydrogens (primary N) is 1. The molecule has 0 bridgehead atoms. The van der Waals surface area contributed by atoms with E-state index in [0.717, 1.165) is 30.8 Å². The molecule has 1 aliphatic carbocycles. The molecule has 4 rings (SSSR count). The lowest BCUT2D eigenvalue weighted by atomic mass is 9.96. The molecule has 2 aromatic rings. The number of quaternary nitrogens is 1. The molecular formula is C20H26N3O4+. The number of amides is 1. The average molecular weight is 372 g/mol. The van der Waals surface area contributed by atoms with Crippen molar-refractivity contribution < 1.29 is 24.1 Å². The predicted molar refractivity (Wildman–Crippen MR) is 96.8 cm³/mol. The van der Waals surface area contributed by atoms with E-state index in [4.69, 9.17) is 14.0 Å². The number of fused-ring (bicyclic) bond motifs is 1. The minimum Gasteiger partial charge on any atom is -0.445 e. The SMILES string of the molecule is COCc1cc(C2(CNC(=O)OCc3ccccc3)C3CC[NH2+]CC32)no1. The number of aromatic nitrogens is 1. The number of nitrogens with one attached hydrogen (secondary N) is 1. The van der Waals surface area contributed by atoms with E-state index in [1.807, 2.05) is 36.4 Å². The van der Waals surface area contributed by atoms with Crippen LogP contribution in [0.25, 0.3) is 0 Å².